The third-order valence-corrected chi connectivity index (χ3v) is 6.52. The van der Waals surface area contributed by atoms with Crippen LogP contribution in [0.1, 0.15) is 19.5 Å². The third-order valence-electron chi connectivity index (χ3n) is 4.56. The van der Waals surface area contributed by atoms with E-state index in [1.165, 1.54) is 42.6 Å². The quantitative estimate of drug-likeness (QED) is 0.163. The first-order chi connectivity index (χ1) is 15.3. The Morgan fingerprint density at radius 2 is 2.19 bits per heavy atom. The molecule has 3 rings (SSSR count). The Labute approximate surface area is 190 Å². The van der Waals surface area contributed by atoms with Crippen molar-refractivity contribution in [3.8, 4) is 0 Å². The van der Waals surface area contributed by atoms with Gasteiger partial charge >= 0.3 is 11.9 Å². The summed E-state index contributed by atoms with van der Waals surface area (Å²) in [5.41, 5.74) is -0.247. The summed E-state index contributed by atoms with van der Waals surface area (Å²) < 4.78 is 10.3. The molecule has 2 atom stereocenters. The maximum atomic E-state index is 13.1. The summed E-state index contributed by atoms with van der Waals surface area (Å²) >= 11 is 2.41. The molecule has 1 aromatic rings. The number of thiazole rings is 1. The maximum absolute atomic E-state index is 13.1. The fourth-order valence-electron chi connectivity index (χ4n) is 3.13. The number of nitrogens with zero attached hydrogens (tertiary/aromatic N) is 3. The van der Waals surface area contributed by atoms with Crippen LogP contribution < -0.4 is 5.32 Å². The van der Waals surface area contributed by atoms with Crippen LogP contribution in [0.2, 0.25) is 0 Å². The van der Waals surface area contributed by atoms with E-state index in [-0.39, 0.29) is 41.6 Å². The lowest BCUT2D eigenvalue weighted by Crippen LogP contribution is -2.81. The molecule has 0 aromatic carbocycles. The molecule has 2 aliphatic rings. The van der Waals surface area contributed by atoms with Crippen LogP contribution in [0.15, 0.2) is 27.3 Å². The lowest BCUT2D eigenvalue weighted by atomic mass is 9.97. The van der Waals surface area contributed by atoms with Crippen LogP contribution in [0.3, 0.4) is 0 Å². The van der Waals surface area contributed by atoms with Crippen molar-refractivity contribution in [3.05, 3.63) is 27.9 Å². The second kappa shape index (κ2) is 9.67. The molecule has 2 N–H and O–H groups in total. The number of rotatable bonds is 9. The van der Waals surface area contributed by atoms with Crippen LogP contribution in [0.25, 0.3) is 0 Å². The van der Waals surface area contributed by atoms with Gasteiger partial charge in [-0.1, -0.05) is 5.16 Å². The maximum Gasteiger partial charge on any atom is 0.352 e. The normalized spacial score (nSPS) is 22.7. The van der Waals surface area contributed by atoms with E-state index in [2.05, 4.69) is 15.5 Å². The molecule has 32 heavy (non-hydrogen) atoms. The van der Waals surface area contributed by atoms with Crippen molar-refractivity contribution >= 4 is 52.6 Å². The van der Waals surface area contributed by atoms with Gasteiger partial charge in [-0.05, 0) is 6.92 Å². The minimum atomic E-state index is -1.82. The molecule has 12 nitrogen and oxygen atoms in total. The van der Waals surface area contributed by atoms with Gasteiger partial charge in [-0.2, -0.15) is 0 Å². The molecule has 0 saturated carbocycles. The summed E-state index contributed by atoms with van der Waals surface area (Å²) in [4.78, 5) is 59.1. The molecular formula is C18H20N4O8S2. The van der Waals surface area contributed by atoms with E-state index in [0.717, 1.165) is 4.90 Å². The van der Waals surface area contributed by atoms with E-state index >= 15 is 0 Å². The Kier molecular flexibility index (Phi) is 7.16. The number of esters is 1. The summed E-state index contributed by atoms with van der Waals surface area (Å²) in [7, 11) is 1.23. The molecule has 0 radical (unpaired) electrons. The highest BCUT2D eigenvalue weighted by molar-refractivity contribution is 8.00. The lowest BCUT2D eigenvalue weighted by Gasteiger charge is -2.55. The summed E-state index contributed by atoms with van der Waals surface area (Å²) in [6.07, 6.45) is 0. The van der Waals surface area contributed by atoms with Crippen molar-refractivity contribution in [1.29, 1.82) is 0 Å². The number of fused-ring (bicyclic) bond motifs is 1. The van der Waals surface area contributed by atoms with Crippen molar-refractivity contribution < 1.29 is 38.6 Å². The lowest BCUT2D eigenvalue weighted by molar-refractivity contribution is -0.191. The van der Waals surface area contributed by atoms with Crippen molar-refractivity contribution in [2.75, 3.05) is 26.1 Å². The van der Waals surface area contributed by atoms with Gasteiger partial charge in [0, 0.05) is 30.7 Å². The van der Waals surface area contributed by atoms with Crippen LogP contribution in [-0.4, -0.2) is 81.6 Å². The van der Waals surface area contributed by atoms with Gasteiger partial charge in [0.2, 0.25) is 0 Å². The number of ether oxygens (including phenoxy) is 2. The van der Waals surface area contributed by atoms with Gasteiger partial charge in [0.1, 0.15) is 30.0 Å². The second-order valence-electron chi connectivity index (χ2n) is 6.50. The van der Waals surface area contributed by atoms with Crippen LogP contribution in [0.5, 0.6) is 0 Å². The average Bonchev–Trinajstić information content (AvgIpc) is 3.29. The van der Waals surface area contributed by atoms with Gasteiger partial charge in [0.25, 0.3) is 17.5 Å². The minimum Gasteiger partial charge on any atom is -0.477 e. The molecule has 0 bridgehead atoms. The number of aliphatic carboxylic acids is 1. The number of hydrogen-bond acceptors (Lipinski definition) is 11. The fraction of sp³-hybridized carbons (Fsp3) is 0.444. The van der Waals surface area contributed by atoms with E-state index in [9.17, 15) is 24.3 Å². The van der Waals surface area contributed by atoms with Gasteiger partial charge in [-0.15, -0.1) is 23.1 Å². The Morgan fingerprint density at radius 3 is 2.75 bits per heavy atom. The van der Waals surface area contributed by atoms with Gasteiger partial charge in [0.05, 0.1) is 5.51 Å². The highest BCUT2D eigenvalue weighted by Crippen LogP contribution is 2.46. The predicted octanol–water partition coefficient (Wildman–Crippen LogP) is 0.160. The zero-order valence-corrected chi connectivity index (χ0v) is 18.9. The second-order valence-corrected chi connectivity index (χ2v) is 8.29. The van der Waals surface area contributed by atoms with E-state index in [0.29, 0.717) is 0 Å². The molecule has 1 aromatic heterocycles. The Balaban J connectivity index is 1.88. The molecular weight excluding hydrogens is 464 g/mol. The van der Waals surface area contributed by atoms with E-state index in [4.69, 9.17) is 14.3 Å². The number of amides is 2. The molecule has 1 fully saturated rings. The number of carboxylic acid groups (broad SMARTS) is 1. The van der Waals surface area contributed by atoms with E-state index in [1.807, 2.05) is 0 Å². The van der Waals surface area contributed by atoms with Gasteiger partial charge in [0.15, 0.2) is 5.71 Å². The minimum absolute atomic E-state index is 0.149. The molecule has 0 aliphatic carbocycles. The van der Waals surface area contributed by atoms with E-state index < -0.39 is 34.9 Å². The number of oxime groups is 1. The number of β-lactam (4-membered cyclic amide) rings is 1. The summed E-state index contributed by atoms with van der Waals surface area (Å²) in [6.45, 7) is 2.83. The first kappa shape index (κ1) is 23.7. The number of carboxylic acids is 1. The topological polar surface area (TPSA) is 157 Å². The van der Waals surface area contributed by atoms with Crippen LogP contribution in [0, 0.1) is 0 Å². The number of thioether (sulfide) groups is 1. The standard InChI is InChI=1S/C18H20N4O8S2/c1-4-30-21-12(11-7-31-8-19-11)14(24)20-18(28-3)16(27)22-13(15(25)26)10(5-29-9(2)23)6-32-17(18)22/h7-8,17H,4-6H2,1-3H3,(H,20,24)(H,25,26)/t17-,18+/m1/s1. The van der Waals surface area contributed by atoms with Crippen molar-refractivity contribution in [2.24, 2.45) is 5.16 Å². The van der Waals surface area contributed by atoms with Gasteiger partial charge in [-0.25, -0.2) is 9.78 Å². The molecule has 2 amide bonds. The van der Waals surface area contributed by atoms with Crippen LogP contribution in [-0.2, 0) is 33.5 Å². The number of nitrogens with one attached hydrogen (secondary N) is 1. The number of methoxy groups -OCH3 is 1. The SMILES string of the molecule is CCON=C(C(=O)N[C@]1(OC)C(=O)N2C(C(=O)O)=C(COC(C)=O)CS[C@@H]21)c1cscn1. The zero-order chi connectivity index (χ0) is 23.5. The number of carbonyl (C=O) groups excluding carboxylic acids is 3. The molecule has 172 valence electrons. The first-order valence-corrected chi connectivity index (χ1v) is 11.3. The third kappa shape index (κ3) is 4.20. The fourth-order valence-corrected chi connectivity index (χ4v) is 5.09. The van der Waals surface area contributed by atoms with E-state index in [1.54, 1.807) is 12.3 Å². The van der Waals surface area contributed by atoms with Crippen LogP contribution in [0.4, 0.5) is 0 Å². The average molecular weight is 485 g/mol. The smallest absolute Gasteiger partial charge is 0.352 e. The molecule has 14 heteroatoms. The Bertz CT molecular complexity index is 993. The summed E-state index contributed by atoms with van der Waals surface area (Å²) in [5, 5.41) is 16.7. The molecule has 0 spiro atoms. The highest BCUT2D eigenvalue weighted by Gasteiger charge is 2.67. The summed E-state index contributed by atoms with van der Waals surface area (Å²) in [5.74, 6) is -3.34. The molecule has 3 heterocycles. The molecule has 0 unspecified atom stereocenters. The molecule has 1 saturated heterocycles. The zero-order valence-electron chi connectivity index (χ0n) is 17.3. The van der Waals surface area contributed by atoms with Crippen molar-refractivity contribution in [1.82, 2.24) is 15.2 Å². The predicted molar refractivity (Wildman–Crippen MR) is 113 cm³/mol. The number of aromatic nitrogens is 1. The number of hydrogen-bond donors (Lipinski definition) is 2. The monoisotopic (exact) mass is 484 g/mol. The Morgan fingerprint density at radius 1 is 1.44 bits per heavy atom. The molecule has 2 aliphatic heterocycles. The summed E-state index contributed by atoms with van der Waals surface area (Å²) in [6, 6.07) is 0. The van der Waals surface area contributed by atoms with Gasteiger partial charge < -0.3 is 24.7 Å². The van der Waals surface area contributed by atoms with Crippen molar-refractivity contribution in [3.63, 3.8) is 0 Å². The Hall–Kier alpha value is -2.97. The number of carbonyl (C=O) groups is 4. The largest absolute Gasteiger partial charge is 0.477 e. The van der Waals surface area contributed by atoms with Crippen molar-refractivity contribution in [2.45, 2.75) is 24.9 Å². The van der Waals surface area contributed by atoms with Gasteiger partial charge in [-0.3, -0.25) is 19.3 Å². The van der Waals surface area contributed by atoms with Crippen LogP contribution >= 0.6 is 23.1 Å². The first-order valence-electron chi connectivity index (χ1n) is 9.26. The highest BCUT2D eigenvalue weighted by atomic mass is 32.2.